The van der Waals surface area contributed by atoms with E-state index in [4.69, 9.17) is 4.42 Å². The van der Waals surface area contributed by atoms with Gasteiger partial charge in [-0.1, -0.05) is 13.8 Å². The monoisotopic (exact) mass is 250 g/mol. The standard InChI is InChI=1S/C15H26N2O/c1-11-7-12(2)13(3)17(9-11)10-15-14(8-16-4)5-6-18-15/h5-6,11-13,16H,7-10H2,1-4H3. The first-order valence-corrected chi connectivity index (χ1v) is 7.05. The third kappa shape index (κ3) is 2.96. The highest BCUT2D eigenvalue weighted by atomic mass is 16.3. The highest BCUT2D eigenvalue weighted by molar-refractivity contribution is 5.17. The van der Waals surface area contributed by atoms with E-state index in [9.17, 15) is 0 Å². The van der Waals surface area contributed by atoms with Crippen molar-refractivity contribution in [2.24, 2.45) is 11.8 Å². The van der Waals surface area contributed by atoms with Gasteiger partial charge in [0.1, 0.15) is 5.76 Å². The van der Waals surface area contributed by atoms with E-state index >= 15 is 0 Å². The van der Waals surface area contributed by atoms with Crippen LogP contribution in [0.5, 0.6) is 0 Å². The molecule has 0 amide bonds. The topological polar surface area (TPSA) is 28.4 Å². The van der Waals surface area contributed by atoms with Crippen LogP contribution in [0.15, 0.2) is 16.7 Å². The molecular formula is C15H26N2O. The first-order valence-electron chi connectivity index (χ1n) is 7.05. The number of hydrogen-bond donors (Lipinski definition) is 1. The fourth-order valence-electron chi connectivity index (χ4n) is 3.08. The number of furan rings is 1. The Balaban J connectivity index is 2.05. The smallest absolute Gasteiger partial charge is 0.122 e. The minimum absolute atomic E-state index is 0.647. The van der Waals surface area contributed by atoms with Crippen LogP contribution in [-0.2, 0) is 13.1 Å². The zero-order valence-corrected chi connectivity index (χ0v) is 12.1. The first kappa shape index (κ1) is 13.6. The molecular weight excluding hydrogens is 224 g/mol. The van der Waals surface area contributed by atoms with Crippen LogP contribution in [-0.4, -0.2) is 24.5 Å². The largest absolute Gasteiger partial charge is 0.468 e. The molecule has 18 heavy (non-hydrogen) atoms. The van der Waals surface area contributed by atoms with E-state index in [0.29, 0.717) is 6.04 Å². The second kappa shape index (κ2) is 5.89. The van der Waals surface area contributed by atoms with Crippen LogP contribution in [0.4, 0.5) is 0 Å². The Kier molecular flexibility index (Phi) is 4.46. The molecule has 2 heterocycles. The van der Waals surface area contributed by atoms with Crippen LogP contribution in [0, 0.1) is 11.8 Å². The van der Waals surface area contributed by atoms with Gasteiger partial charge in [-0.15, -0.1) is 0 Å². The van der Waals surface area contributed by atoms with Crippen molar-refractivity contribution >= 4 is 0 Å². The van der Waals surface area contributed by atoms with E-state index in [1.807, 2.05) is 13.3 Å². The van der Waals surface area contributed by atoms with Crippen LogP contribution >= 0.6 is 0 Å². The third-order valence-electron chi connectivity index (χ3n) is 4.27. The molecule has 1 aliphatic heterocycles. The fraction of sp³-hybridized carbons (Fsp3) is 0.733. The minimum atomic E-state index is 0.647. The van der Waals surface area contributed by atoms with Crippen molar-refractivity contribution in [2.75, 3.05) is 13.6 Å². The van der Waals surface area contributed by atoms with Crippen LogP contribution < -0.4 is 5.32 Å². The number of nitrogens with one attached hydrogen (secondary N) is 1. The van der Waals surface area contributed by atoms with Gasteiger partial charge in [0.15, 0.2) is 0 Å². The van der Waals surface area contributed by atoms with E-state index in [0.717, 1.165) is 30.7 Å². The summed E-state index contributed by atoms with van der Waals surface area (Å²) < 4.78 is 5.66. The van der Waals surface area contributed by atoms with Crippen molar-refractivity contribution in [3.63, 3.8) is 0 Å². The fourth-order valence-corrected chi connectivity index (χ4v) is 3.08. The summed E-state index contributed by atoms with van der Waals surface area (Å²) in [5.74, 6) is 2.69. The number of piperidine rings is 1. The Bertz CT molecular complexity index is 374. The summed E-state index contributed by atoms with van der Waals surface area (Å²) in [7, 11) is 1.98. The van der Waals surface area contributed by atoms with Crippen molar-refractivity contribution < 1.29 is 4.42 Å². The highest BCUT2D eigenvalue weighted by Crippen LogP contribution is 2.28. The maximum absolute atomic E-state index is 5.66. The molecule has 3 heteroatoms. The Morgan fingerprint density at radius 2 is 2.17 bits per heavy atom. The molecule has 1 aromatic heterocycles. The molecule has 1 aromatic rings. The van der Waals surface area contributed by atoms with Gasteiger partial charge in [0.05, 0.1) is 12.8 Å². The molecule has 1 aliphatic rings. The van der Waals surface area contributed by atoms with Crippen LogP contribution in [0.3, 0.4) is 0 Å². The molecule has 0 aromatic carbocycles. The molecule has 102 valence electrons. The van der Waals surface area contributed by atoms with Crippen molar-refractivity contribution in [1.29, 1.82) is 0 Å². The Morgan fingerprint density at radius 3 is 2.89 bits per heavy atom. The van der Waals surface area contributed by atoms with Gasteiger partial charge in [-0.05, 0) is 38.3 Å². The van der Waals surface area contributed by atoms with Crippen molar-refractivity contribution in [1.82, 2.24) is 10.2 Å². The minimum Gasteiger partial charge on any atom is -0.468 e. The predicted octanol–water partition coefficient (Wildman–Crippen LogP) is 2.87. The number of rotatable bonds is 4. The van der Waals surface area contributed by atoms with Crippen molar-refractivity contribution in [3.8, 4) is 0 Å². The Labute approximate surface area is 111 Å². The first-order chi connectivity index (χ1) is 8.61. The number of nitrogens with zero attached hydrogens (tertiary/aromatic N) is 1. The molecule has 1 fully saturated rings. The summed E-state index contributed by atoms with van der Waals surface area (Å²) in [6.07, 6.45) is 3.16. The van der Waals surface area contributed by atoms with Crippen LogP contribution in [0.1, 0.15) is 38.5 Å². The molecule has 1 saturated heterocycles. The van der Waals surface area contributed by atoms with E-state index in [2.05, 4.69) is 37.1 Å². The summed E-state index contributed by atoms with van der Waals surface area (Å²) in [6.45, 7) is 10.1. The summed E-state index contributed by atoms with van der Waals surface area (Å²) in [4.78, 5) is 2.57. The molecule has 3 nitrogen and oxygen atoms in total. The second-order valence-corrected chi connectivity index (χ2v) is 5.89. The summed E-state index contributed by atoms with van der Waals surface area (Å²) in [5.41, 5.74) is 1.29. The van der Waals surface area contributed by atoms with E-state index in [1.54, 1.807) is 0 Å². The lowest BCUT2D eigenvalue weighted by Crippen LogP contribution is -2.45. The molecule has 3 unspecified atom stereocenters. The molecule has 0 aliphatic carbocycles. The number of likely N-dealkylation sites (tertiary alicyclic amines) is 1. The van der Waals surface area contributed by atoms with Gasteiger partial charge >= 0.3 is 0 Å². The molecule has 2 rings (SSSR count). The van der Waals surface area contributed by atoms with Crippen LogP contribution in [0.25, 0.3) is 0 Å². The second-order valence-electron chi connectivity index (χ2n) is 5.89. The summed E-state index contributed by atoms with van der Waals surface area (Å²) in [6, 6.07) is 2.72. The van der Waals surface area contributed by atoms with Gasteiger partial charge in [-0.3, -0.25) is 4.90 Å². The van der Waals surface area contributed by atoms with E-state index < -0.39 is 0 Å². The molecule has 0 spiro atoms. The zero-order valence-electron chi connectivity index (χ0n) is 12.1. The van der Waals surface area contributed by atoms with Gasteiger partial charge in [0.25, 0.3) is 0 Å². The summed E-state index contributed by atoms with van der Waals surface area (Å²) in [5, 5.41) is 3.20. The lowest BCUT2D eigenvalue weighted by molar-refractivity contribution is 0.0665. The maximum Gasteiger partial charge on any atom is 0.122 e. The van der Waals surface area contributed by atoms with Gasteiger partial charge in [0.2, 0.25) is 0 Å². The maximum atomic E-state index is 5.66. The Morgan fingerprint density at radius 1 is 1.39 bits per heavy atom. The molecule has 3 atom stereocenters. The van der Waals surface area contributed by atoms with E-state index in [-0.39, 0.29) is 0 Å². The summed E-state index contributed by atoms with van der Waals surface area (Å²) >= 11 is 0. The number of hydrogen-bond acceptors (Lipinski definition) is 3. The predicted molar refractivity (Wildman–Crippen MR) is 74.3 cm³/mol. The highest BCUT2D eigenvalue weighted by Gasteiger charge is 2.29. The normalized spacial score (nSPS) is 29.7. The van der Waals surface area contributed by atoms with Gasteiger partial charge < -0.3 is 9.73 Å². The van der Waals surface area contributed by atoms with Gasteiger partial charge in [0, 0.05) is 24.7 Å². The lowest BCUT2D eigenvalue weighted by atomic mass is 9.86. The van der Waals surface area contributed by atoms with Crippen molar-refractivity contribution in [3.05, 3.63) is 23.7 Å². The average Bonchev–Trinajstić information content (AvgIpc) is 2.73. The van der Waals surface area contributed by atoms with Gasteiger partial charge in [-0.25, -0.2) is 0 Å². The molecule has 0 radical (unpaired) electrons. The van der Waals surface area contributed by atoms with Crippen LogP contribution in [0.2, 0.25) is 0 Å². The Hall–Kier alpha value is -0.800. The third-order valence-corrected chi connectivity index (χ3v) is 4.27. The molecule has 0 saturated carbocycles. The van der Waals surface area contributed by atoms with E-state index in [1.165, 1.54) is 18.5 Å². The molecule has 0 bridgehead atoms. The van der Waals surface area contributed by atoms with Gasteiger partial charge in [-0.2, -0.15) is 0 Å². The lowest BCUT2D eigenvalue weighted by Gasteiger charge is -2.40. The SMILES string of the molecule is CNCc1ccoc1CN1CC(C)CC(C)C1C. The molecule has 1 N–H and O–H groups in total. The average molecular weight is 250 g/mol. The quantitative estimate of drug-likeness (QED) is 0.890. The zero-order chi connectivity index (χ0) is 13.1. The van der Waals surface area contributed by atoms with Crippen molar-refractivity contribution in [2.45, 2.75) is 46.3 Å².